The first-order chi connectivity index (χ1) is 38.2. The van der Waals surface area contributed by atoms with Crippen molar-refractivity contribution in [3.63, 3.8) is 0 Å². The van der Waals surface area contributed by atoms with Crippen molar-refractivity contribution in [2.45, 2.75) is 380 Å². The number of esters is 3. The van der Waals surface area contributed by atoms with Gasteiger partial charge in [0.25, 0.3) is 0 Å². The van der Waals surface area contributed by atoms with Gasteiger partial charge in [0.15, 0.2) is 6.10 Å². The van der Waals surface area contributed by atoms with E-state index in [0.717, 1.165) is 57.8 Å². The molecule has 0 aromatic heterocycles. The van der Waals surface area contributed by atoms with Gasteiger partial charge in [0, 0.05) is 19.3 Å². The predicted octanol–water partition coefficient (Wildman–Crippen LogP) is 20.6. The summed E-state index contributed by atoms with van der Waals surface area (Å²) in [6.45, 7) is 4.77. The van der Waals surface area contributed by atoms with Crippen molar-refractivity contribution in [3.05, 3.63) is 0 Å². The molecule has 0 aromatic carbocycles. The molecule has 0 fully saturated rings. The highest BCUT2D eigenvalue weighted by Crippen LogP contribution is 2.43. The minimum Gasteiger partial charge on any atom is -0.462 e. The normalized spacial score (nSPS) is 13.1. The first-order valence-electron chi connectivity index (χ1n) is 33.9. The molecule has 3 unspecified atom stereocenters. The molecule has 0 aliphatic carbocycles. The molecule has 0 amide bonds. The molecule has 0 rings (SSSR count). The van der Waals surface area contributed by atoms with Gasteiger partial charge < -0.3 is 24.2 Å². The third-order valence-corrected chi connectivity index (χ3v) is 16.5. The molecule has 0 aliphatic heterocycles. The fraction of sp³-hybridized carbons (Fsp3) is 0.955. The van der Waals surface area contributed by atoms with Crippen molar-refractivity contribution in [2.24, 2.45) is 0 Å². The van der Waals surface area contributed by atoms with E-state index in [2.05, 4.69) is 20.8 Å². The van der Waals surface area contributed by atoms with E-state index in [0.29, 0.717) is 19.3 Å². The zero-order chi connectivity index (χ0) is 56.9. The fourth-order valence-electron chi connectivity index (χ4n) is 10.4. The van der Waals surface area contributed by atoms with Crippen molar-refractivity contribution < 1.29 is 52.2 Å². The standard InChI is InChI=1S/C66H129O11P/c1-4-7-10-13-16-19-22-25-28-30-31-33-35-37-40-43-46-49-52-55-64(68)73-59-63(77-66(70)57-54-51-48-45-42-39-36-32-29-26-23-20-17-14-11-8-5-2)61-75-78(71,72)74-60-62(58-67)76-65(69)56-53-50-47-44-41-38-34-27-24-21-18-15-12-9-6-3/h62-63,67H,4-61H2,1-3H3,(H,71,72). The maximum atomic E-state index is 13.0. The van der Waals surface area contributed by atoms with E-state index >= 15 is 0 Å². The van der Waals surface area contributed by atoms with Crippen molar-refractivity contribution in [2.75, 3.05) is 26.4 Å². The van der Waals surface area contributed by atoms with E-state index in [1.807, 2.05) is 0 Å². The van der Waals surface area contributed by atoms with Crippen LogP contribution in [0.1, 0.15) is 367 Å². The number of phosphoric ester groups is 1. The molecule has 0 saturated heterocycles. The number of hydrogen-bond acceptors (Lipinski definition) is 10. The number of aliphatic hydroxyl groups is 1. The Kier molecular flexibility index (Phi) is 60.3. The second kappa shape index (κ2) is 61.5. The van der Waals surface area contributed by atoms with Gasteiger partial charge in [-0.3, -0.25) is 23.4 Å². The predicted molar refractivity (Wildman–Crippen MR) is 326 cm³/mol. The maximum absolute atomic E-state index is 13.0. The number of rotatable bonds is 65. The molecular formula is C66H129O11P. The second-order valence-electron chi connectivity index (χ2n) is 23.4. The largest absolute Gasteiger partial charge is 0.472 e. The number of unbranched alkanes of at least 4 members (excludes halogenated alkanes) is 48. The topological polar surface area (TPSA) is 155 Å². The van der Waals surface area contributed by atoms with Crippen LogP contribution in [0.3, 0.4) is 0 Å². The summed E-state index contributed by atoms with van der Waals surface area (Å²) in [6, 6.07) is 0. The van der Waals surface area contributed by atoms with Crippen LogP contribution in [0, 0.1) is 0 Å². The summed E-state index contributed by atoms with van der Waals surface area (Å²) in [4.78, 5) is 48.8. The average Bonchev–Trinajstić information content (AvgIpc) is 3.43. The van der Waals surface area contributed by atoms with Crippen LogP contribution in [0.15, 0.2) is 0 Å². The number of aliphatic hydroxyl groups excluding tert-OH is 1. The molecule has 2 N–H and O–H groups in total. The number of hydrogen-bond donors (Lipinski definition) is 2. The summed E-state index contributed by atoms with van der Waals surface area (Å²) >= 11 is 0. The van der Waals surface area contributed by atoms with Crippen molar-refractivity contribution in [1.29, 1.82) is 0 Å². The second-order valence-corrected chi connectivity index (χ2v) is 24.8. The van der Waals surface area contributed by atoms with Gasteiger partial charge in [0.2, 0.25) is 0 Å². The van der Waals surface area contributed by atoms with E-state index in [-0.39, 0.29) is 25.9 Å². The third-order valence-electron chi connectivity index (χ3n) is 15.5. The molecule has 464 valence electrons. The zero-order valence-corrected chi connectivity index (χ0v) is 52.6. The lowest BCUT2D eigenvalue weighted by Gasteiger charge is -2.21. The van der Waals surface area contributed by atoms with Crippen molar-refractivity contribution in [1.82, 2.24) is 0 Å². The SMILES string of the molecule is CCCCCCCCCCCCCCCCCCCCCC(=O)OCC(COP(=O)(O)OCC(CO)OC(=O)CCCCCCCCCCCCCCCCC)OC(=O)CCCCCCCCCCCCCCCCCCC. The quantitative estimate of drug-likeness (QED) is 0.0259. The Labute approximate surface area is 482 Å². The van der Waals surface area contributed by atoms with Crippen LogP contribution >= 0.6 is 7.82 Å². The lowest BCUT2D eigenvalue weighted by atomic mass is 10.0. The highest BCUT2D eigenvalue weighted by molar-refractivity contribution is 7.47. The first-order valence-corrected chi connectivity index (χ1v) is 35.4. The summed E-state index contributed by atoms with van der Waals surface area (Å²) < 4.78 is 39.8. The summed E-state index contributed by atoms with van der Waals surface area (Å²) in [6.07, 6.45) is 61.9. The molecule has 12 heteroatoms. The van der Waals surface area contributed by atoms with Crippen LogP contribution in [0.25, 0.3) is 0 Å². The highest BCUT2D eigenvalue weighted by atomic mass is 31.2. The van der Waals surface area contributed by atoms with Gasteiger partial charge in [-0.25, -0.2) is 4.57 Å². The van der Waals surface area contributed by atoms with Crippen LogP contribution in [-0.4, -0.2) is 66.5 Å². The Bertz CT molecular complexity index is 1320. The Balaban J connectivity index is 4.61. The molecule has 0 heterocycles. The molecule has 0 spiro atoms. The number of carbonyl (C=O) groups is 3. The molecule has 0 saturated carbocycles. The molecule has 3 atom stereocenters. The summed E-state index contributed by atoms with van der Waals surface area (Å²) in [7, 11) is -4.74. The maximum Gasteiger partial charge on any atom is 0.472 e. The number of phosphoric acid groups is 1. The van der Waals surface area contributed by atoms with Crippen LogP contribution < -0.4 is 0 Å². The molecule has 11 nitrogen and oxygen atoms in total. The van der Waals surface area contributed by atoms with Gasteiger partial charge >= 0.3 is 25.7 Å². The fourth-order valence-corrected chi connectivity index (χ4v) is 11.1. The number of ether oxygens (including phenoxy) is 3. The van der Waals surface area contributed by atoms with E-state index in [9.17, 15) is 28.9 Å². The molecule has 78 heavy (non-hydrogen) atoms. The van der Waals surface area contributed by atoms with Gasteiger partial charge in [-0.2, -0.15) is 0 Å². The molecule has 0 aromatic rings. The average molecular weight is 1130 g/mol. The third kappa shape index (κ3) is 59.1. The van der Waals surface area contributed by atoms with E-state index < -0.39 is 57.8 Å². The first kappa shape index (κ1) is 76.5. The van der Waals surface area contributed by atoms with Crippen molar-refractivity contribution >= 4 is 25.7 Å². The van der Waals surface area contributed by atoms with Gasteiger partial charge in [-0.15, -0.1) is 0 Å². The summed E-state index contributed by atoms with van der Waals surface area (Å²) in [5, 5.41) is 9.86. The lowest BCUT2D eigenvalue weighted by molar-refractivity contribution is -0.161. The lowest BCUT2D eigenvalue weighted by Crippen LogP contribution is -2.30. The Morgan fingerprint density at radius 1 is 0.308 bits per heavy atom. The van der Waals surface area contributed by atoms with Crippen molar-refractivity contribution in [3.8, 4) is 0 Å². The summed E-state index contributed by atoms with van der Waals surface area (Å²) in [5.74, 6) is -1.42. The molecule has 0 bridgehead atoms. The van der Waals surface area contributed by atoms with Crippen LogP contribution in [0.4, 0.5) is 0 Å². The van der Waals surface area contributed by atoms with E-state index in [4.69, 9.17) is 23.3 Å². The molecular weight excluding hydrogens is 1000 g/mol. The summed E-state index contributed by atoms with van der Waals surface area (Å²) in [5.41, 5.74) is 0. The Morgan fingerprint density at radius 2 is 0.513 bits per heavy atom. The monoisotopic (exact) mass is 1130 g/mol. The minimum atomic E-state index is -4.74. The number of carbonyl (C=O) groups excluding carboxylic acids is 3. The van der Waals surface area contributed by atoms with Gasteiger partial charge in [-0.05, 0) is 19.3 Å². The molecule has 0 aliphatic rings. The van der Waals surface area contributed by atoms with Gasteiger partial charge in [0.05, 0.1) is 19.8 Å². The Morgan fingerprint density at radius 3 is 0.756 bits per heavy atom. The van der Waals surface area contributed by atoms with Gasteiger partial charge in [-0.1, -0.05) is 329 Å². The molecule has 0 radical (unpaired) electrons. The zero-order valence-electron chi connectivity index (χ0n) is 51.7. The smallest absolute Gasteiger partial charge is 0.462 e. The van der Waals surface area contributed by atoms with E-state index in [1.165, 1.54) is 250 Å². The van der Waals surface area contributed by atoms with Crippen LogP contribution in [0.2, 0.25) is 0 Å². The van der Waals surface area contributed by atoms with Crippen LogP contribution in [-0.2, 0) is 42.2 Å². The van der Waals surface area contributed by atoms with Gasteiger partial charge in [0.1, 0.15) is 12.7 Å². The van der Waals surface area contributed by atoms with Crippen LogP contribution in [0.5, 0.6) is 0 Å². The Hall–Kier alpha value is -1.52. The van der Waals surface area contributed by atoms with E-state index in [1.54, 1.807) is 0 Å². The highest BCUT2D eigenvalue weighted by Gasteiger charge is 2.28. The minimum absolute atomic E-state index is 0.179.